The number of nitrogens with one attached hydrogen (secondary N) is 1. The molecule has 1 nitrogen and oxygen atoms in total. The van der Waals surface area contributed by atoms with Gasteiger partial charge in [0.25, 0.3) is 0 Å². The largest absolute Gasteiger partial charge is 0.372 e. The first kappa shape index (κ1) is 8.89. The maximum absolute atomic E-state index is 12.9. The lowest BCUT2D eigenvalue weighted by molar-refractivity contribution is 0.631. The van der Waals surface area contributed by atoms with Crippen molar-refractivity contribution < 1.29 is 4.39 Å². The molecule has 0 saturated carbocycles. The van der Waals surface area contributed by atoms with E-state index in [0.717, 1.165) is 0 Å². The van der Waals surface area contributed by atoms with E-state index in [1.54, 1.807) is 0 Å². The molecule has 0 fully saturated rings. The number of hydrogen-bond acceptors (Lipinski definition) is 1. The van der Waals surface area contributed by atoms with Crippen LogP contribution in [0.1, 0.15) is 0 Å². The van der Waals surface area contributed by atoms with Gasteiger partial charge in [-0.1, -0.05) is 17.5 Å². The third-order valence-corrected chi connectivity index (χ3v) is 1.54. The van der Waals surface area contributed by atoms with Crippen molar-refractivity contribution in [2.75, 3.05) is 11.9 Å². The molecule has 0 spiro atoms. The summed E-state index contributed by atoms with van der Waals surface area (Å²) in [7, 11) is 0. The Hall–Kier alpha value is -1.20. The number of halogens is 2. The zero-order valence-corrected chi connectivity index (χ0v) is 7.03. The molecule has 1 aromatic rings. The Morgan fingerprint density at radius 1 is 1.58 bits per heavy atom. The average Bonchev–Trinajstić information content (AvgIpc) is 2.07. The first-order valence-electron chi connectivity index (χ1n) is 3.36. The number of benzene rings is 1. The fourth-order valence-electron chi connectivity index (χ4n) is 0.779. The van der Waals surface area contributed by atoms with Crippen molar-refractivity contribution in [3.63, 3.8) is 0 Å². The van der Waals surface area contributed by atoms with Crippen molar-refractivity contribution in [1.29, 1.82) is 0 Å². The van der Waals surface area contributed by atoms with Crippen molar-refractivity contribution in [1.82, 2.24) is 0 Å². The van der Waals surface area contributed by atoms with Crippen LogP contribution in [0, 0.1) is 18.2 Å². The number of rotatable bonds is 2. The minimum Gasteiger partial charge on any atom is -0.372 e. The molecule has 0 aliphatic heterocycles. The van der Waals surface area contributed by atoms with Crippen molar-refractivity contribution in [2.24, 2.45) is 0 Å². The van der Waals surface area contributed by atoms with Gasteiger partial charge in [-0.2, -0.15) is 0 Å². The van der Waals surface area contributed by atoms with E-state index in [1.807, 2.05) is 0 Å². The lowest BCUT2D eigenvalue weighted by Crippen LogP contribution is -2.00. The first-order valence-corrected chi connectivity index (χ1v) is 3.74. The molecule has 0 aliphatic rings. The molecule has 1 aromatic carbocycles. The van der Waals surface area contributed by atoms with Gasteiger partial charge in [-0.25, -0.2) is 4.39 Å². The van der Waals surface area contributed by atoms with Gasteiger partial charge in [0, 0.05) is 5.02 Å². The molecule has 0 saturated heterocycles. The van der Waals surface area contributed by atoms with Gasteiger partial charge in [0.05, 0.1) is 12.2 Å². The van der Waals surface area contributed by atoms with Crippen LogP contribution in [0.3, 0.4) is 0 Å². The van der Waals surface area contributed by atoms with E-state index in [9.17, 15) is 4.39 Å². The van der Waals surface area contributed by atoms with E-state index in [-0.39, 0.29) is 12.4 Å². The lowest BCUT2D eigenvalue weighted by atomic mass is 10.3. The molecule has 0 bridgehead atoms. The molecule has 0 aromatic heterocycles. The minimum atomic E-state index is -0.352. The van der Waals surface area contributed by atoms with E-state index in [2.05, 4.69) is 11.2 Å². The predicted molar refractivity (Wildman–Crippen MR) is 48.7 cm³/mol. The van der Waals surface area contributed by atoms with Crippen LogP contribution >= 0.6 is 11.6 Å². The Balaban J connectivity index is 2.84. The standard InChI is InChI=1S/C9H7ClFN/c1-2-5-12-9-6-7(10)3-4-8(9)11/h1,3-4,6,12H,5H2. The maximum Gasteiger partial charge on any atom is 0.146 e. The Kier molecular flexibility index (Phi) is 2.95. The quantitative estimate of drug-likeness (QED) is 0.695. The van der Waals surface area contributed by atoms with Crippen LogP contribution in [-0.2, 0) is 0 Å². The zero-order valence-electron chi connectivity index (χ0n) is 6.27. The van der Waals surface area contributed by atoms with E-state index < -0.39 is 0 Å². The zero-order chi connectivity index (χ0) is 8.97. The molecule has 1 rings (SSSR count). The van der Waals surface area contributed by atoms with Crippen LogP contribution < -0.4 is 5.32 Å². The van der Waals surface area contributed by atoms with E-state index in [1.165, 1.54) is 18.2 Å². The normalized spacial score (nSPS) is 9.08. The third-order valence-electron chi connectivity index (χ3n) is 1.31. The van der Waals surface area contributed by atoms with Crippen molar-refractivity contribution in [3.05, 3.63) is 29.0 Å². The van der Waals surface area contributed by atoms with Gasteiger partial charge in [0.15, 0.2) is 0 Å². The number of anilines is 1. The molecule has 12 heavy (non-hydrogen) atoms. The molecule has 0 radical (unpaired) electrons. The van der Waals surface area contributed by atoms with Crippen molar-refractivity contribution >= 4 is 17.3 Å². The van der Waals surface area contributed by atoms with E-state index >= 15 is 0 Å². The molecular weight excluding hydrogens is 177 g/mol. The predicted octanol–water partition coefficient (Wildman–Crippen LogP) is 2.52. The van der Waals surface area contributed by atoms with Crippen molar-refractivity contribution in [2.45, 2.75) is 0 Å². The third kappa shape index (κ3) is 2.14. The van der Waals surface area contributed by atoms with Crippen LogP contribution in [0.2, 0.25) is 5.02 Å². The van der Waals surface area contributed by atoms with Gasteiger partial charge >= 0.3 is 0 Å². The maximum atomic E-state index is 12.9. The topological polar surface area (TPSA) is 12.0 Å². The summed E-state index contributed by atoms with van der Waals surface area (Å²) >= 11 is 5.64. The highest BCUT2D eigenvalue weighted by molar-refractivity contribution is 6.30. The van der Waals surface area contributed by atoms with E-state index in [4.69, 9.17) is 18.0 Å². The van der Waals surface area contributed by atoms with Crippen molar-refractivity contribution in [3.8, 4) is 12.3 Å². The second kappa shape index (κ2) is 3.99. The van der Waals surface area contributed by atoms with Crippen LogP contribution in [0.4, 0.5) is 10.1 Å². The summed E-state index contributed by atoms with van der Waals surface area (Å²) in [4.78, 5) is 0. The van der Waals surface area contributed by atoms with Crippen LogP contribution in [-0.4, -0.2) is 6.54 Å². The highest BCUT2D eigenvalue weighted by Crippen LogP contribution is 2.18. The average molecular weight is 184 g/mol. The van der Waals surface area contributed by atoms with Gasteiger partial charge in [-0.3, -0.25) is 0 Å². The second-order valence-corrected chi connectivity index (χ2v) is 2.62. The van der Waals surface area contributed by atoms with Gasteiger partial charge < -0.3 is 5.32 Å². The summed E-state index contributed by atoms with van der Waals surface area (Å²) in [6, 6.07) is 4.27. The molecule has 0 aliphatic carbocycles. The molecule has 3 heteroatoms. The number of hydrogen-bond donors (Lipinski definition) is 1. The van der Waals surface area contributed by atoms with Gasteiger partial charge in [0.2, 0.25) is 0 Å². The van der Waals surface area contributed by atoms with Crippen LogP contribution in [0.25, 0.3) is 0 Å². The molecule has 0 atom stereocenters. The first-order chi connectivity index (χ1) is 5.74. The number of terminal acetylenes is 1. The Morgan fingerprint density at radius 2 is 2.33 bits per heavy atom. The van der Waals surface area contributed by atoms with Gasteiger partial charge in [0.1, 0.15) is 5.82 Å². The molecule has 1 N–H and O–H groups in total. The Morgan fingerprint density at radius 3 is 3.00 bits per heavy atom. The molecule has 62 valence electrons. The molecular formula is C9H7ClFN. The van der Waals surface area contributed by atoms with E-state index in [0.29, 0.717) is 10.7 Å². The summed E-state index contributed by atoms with van der Waals surface area (Å²) in [5.74, 6) is 1.99. The fourth-order valence-corrected chi connectivity index (χ4v) is 0.951. The lowest BCUT2D eigenvalue weighted by Gasteiger charge is -2.03. The van der Waals surface area contributed by atoms with Gasteiger partial charge in [-0.05, 0) is 18.2 Å². The Labute approximate surface area is 75.5 Å². The molecule has 0 amide bonds. The summed E-state index contributed by atoms with van der Waals surface area (Å²) in [5, 5.41) is 3.19. The summed E-state index contributed by atoms with van der Waals surface area (Å²) < 4.78 is 12.9. The van der Waals surface area contributed by atoms with Gasteiger partial charge in [-0.15, -0.1) is 6.42 Å². The monoisotopic (exact) mass is 183 g/mol. The summed E-state index contributed by atoms with van der Waals surface area (Å²) in [6.45, 7) is 0.289. The fraction of sp³-hybridized carbons (Fsp3) is 0.111. The highest BCUT2D eigenvalue weighted by atomic mass is 35.5. The second-order valence-electron chi connectivity index (χ2n) is 2.18. The highest BCUT2D eigenvalue weighted by Gasteiger charge is 2.00. The Bertz CT molecular complexity index is 317. The van der Waals surface area contributed by atoms with Crippen LogP contribution in [0.5, 0.6) is 0 Å². The molecule has 0 unspecified atom stereocenters. The summed E-state index contributed by atoms with van der Waals surface area (Å²) in [6.07, 6.45) is 5.00. The van der Waals surface area contributed by atoms with Crippen LogP contribution in [0.15, 0.2) is 18.2 Å². The smallest absolute Gasteiger partial charge is 0.146 e. The minimum absolute atomic E-state index is 0.289. The SMILES string of the molecule is C#CCNc1cc(Cl)ccc1F. The summed E-state index contributed by atoms with van der Waals surface area (Å²) in [5.41, 5.74) is 0.334. The molecule has 0 heterocycles.